The lowest BCUT2D eigenvalue weighted by Gasteiger charge is -2.15. The van der Waals surface area contributed by atoms with Crippen LogP contribution in [0.3, 0.4) is 0 Å². The van der Waals surface area contributed by atoms with E-state index in [0.29, 0.717) is 0 Å². The van der Waals surface area contributed by atoms with Gasteiger partial charge < -0.3 is 4.98 Å². The molecule has 1 N–H and O–H groups in total. The summed E-state index contributed by atoms with van der Waals surface area (Å²) in [5.74, 6) is 0. The molecule has 0 radical (unpaired) electrons. The molecule has 0 aliphatic heterocycles. The lowest BCUT2D eigenvalue weighted by Crippen LogP contribution is -1.89. The summed E-state index contributed by atoms with van der Waals surface area (Å²) in [7, 11) is 0. The standard InChI is InChI=1S/C28H18ClN/c29-24-14-7-12-20(18-8-2-1-3-9-18)27(24)23-13-6-10-19-16-17-22-21-11-4-5-15-25(21)30-28(22)26(19)23/h1-17,30H. The molecular weight excluding hydrogens is 386 g/mol. The first-order chi connectivity index (χ1) is 14.8. The van der Waals surface area contributed by atoms with Gasteiger partial charge >= 0.3 is 0 Å². The predicted octanol–water partition coefficient (Wildman–Crippen LogP) is 8.46. The second-order valence-corrected chi connectivity index (χ2v) is 8.00. The number of hydrogen-bond donors (Lipinski definition) is 1. The fourth-order valence-corrected chi connectivity index (χ4v) is 4.84. The summed E-state index contributed by atoms with van der Waals surface area (Å²) in [6.07, 6.45) is 0. The number of H-pyrrole nitrogens is 1. The third-order valence-corrected chi connectivity index (χ3v) is 6.21. The van der Waals surface area contributed by atoms with Crippen LogP contribution in [0.4, 0.5) is 0 Å². The van der Waals surface area contributed by atoms with Crippen LogP contribution in [-0.2, 0) is 0 Å². The minimum Gasteiger partial charge on any atom is -0.354 e. The zero-order chi connectivity index (χ0) is 20.1. The third kappa shape index (κ3) is 2.56. The summed E-state index contributed by atoms with van der Waals surface area (Å²) in [5, 5.41) is 5.64. The van der Waals surface area contributed by atoms with Crippen molar-refractivity contribution >= 4 is 44.2 Å². The maximum atomic E-state index is 6.83. The van der Waals surface area contributed by atoms with E-state index in [2.05, 4.69) is 89.9 Å². The Kier molecular flexibility index (Phi) is 3.90. The molecule has 0 saturated heterocycles. The summed E-state index contributed by atoms with van der Waals surface area (Å²) in [4.78, 5) is 3.67. The summed E-state index contributed by atoms with van der Waals surface area (Å²) in [6, 6.07) is 36.0. The van der Waals surface area contributed by atoms with Crippen molar-refractivity contribution in [1.29, 1.82) is 0 Å². The predicted molar refractivity (Wildman–Crippen MR) is 129 cm³/mol. The van der Waals surface area contributed by atoms with Crippen LogP contribution >= 0.6 is 11.6 Å². The van der Waals surface area contributed by atoms with Crippen LogP contribution in [0.15, 0.2) is 103 Å². The minimum atomic E-state index is 0.761. The van der Waals surface area contributed by atoms with Crippen molar-refractivity contribution in [1.82, 2.24) is 4.98 Å². The largest absolute Gasteiger partial charge is 0.354 e. The molecule has 0 spiro atoms. The molecule has 2 heteroatoms. The molecule has 0 unspecified atom stereocenters. The average Bonchev–Trinajstić information content (AvgIpc) is 3.18. The van der Waals surface area contributed by atoms with Gasteiger partial charge in [-0.15, -0.1) is 0 Å². The first-order valence-electron chi connectivity index (χ1n) is 10.1. The quantitative estimate of drug-likeness (QED) is 0.298. The molecular formula is C28H18ClN. The highest BCUT2D eigenvalue weighted by Gasteiger charge is 2.17. The molecule has 0 atom stereocenters. The highest BCUT2D eigenvalue weighted by atomic mass is 35.5. The van der Waals surface area contributed by atoms with Gasteiger partial charge in [0, 0.05) is 32.3 Å². The molecule has 6 rings (SSSR count). The molecule has 0 amide bonds. The lowest BCUT2D eigenvalue weighted by atomic mass is 9.90. The number of aromatic nitrogens is 1. The van der Waals surface area contributed by atoms with Crippen molar-refractivity contribution in [3.63, 3.8) is 0 Å². The molecule has 6 aromatic rings. The second-order valence-electron chi connectivity index (χ2n) is 7.59. The summed E-state index contributed by atoms with van der Waals surface area (Å²) in [5.41, 5.74) is 6.83. The van der Waals surface area contributed by atoms with Crippen LogP contribution in [0.5, 0.6) is 0 Å². The number of hydrogen-bond acceptors (Lipinski definition) is 0. The highest BCUT2D eigenvalue weighted by molar-refractivity contribution is 6.35. The molecule has 0 fully saturated rings. The van der Waals surface area contributed by atoms with E-state index in [-0.39, 0.29) is 0 Å². The first kappa shape index (κ1) is 17.3. The summed E-state index contributed by atoms with van der Waals surface area (Å²) < 4.78 is 0. The second kappa shape index (κ2) is 6.76. The molecule has 1 heterocycles. The van der Waals surface area contributed by atoms with E-state index in [9.17, 15) is 0 Å². The number of fused-ring (bicyclic) bond motifs is 5. The van der Waals surface area contributed by atoms with Crippen molar-refractivity contribution < 1.29 is 0 Å². The number of nitrogens with one attached hydrogen (secondary N) is 1. The number of benzene rings is 5. The number of halogens is 1. The van der Waals surface area contributed by atoms with Crippen molar-refractivity contribution in [3.05, 3.63) is 108 Å². The molecule has 0 saturated carbocycles. The van der Waals surface area contributed by atoms with Gasteiger partial charge in [-0.2, -0.15) is 0 Å². The van der Waals surface area contributed by atoms with Gasteiger partial charge in [0.25, 0.3) is 0 Å². The zero-order valence-corrected chi connectivity index (χ0v) is 16.9. The molecule has 30 heavy (non-hydrogen) atoms. The normalized spacial score (nSPS) is 11.5. The Morgan fingerprint density at radius 1 is 0.567 bits per heavy atom. The molecule has 142 valence electrons. The van der Waals surface area contributed by atoms with Crippen LogP contribution in [0.1, 0.15) is 0 Å². The number of rotatable bonds is 2. The Labute approximate surface area is 179 Å². The van der Waals surface area contributed by atoms with Crippen molar-refractivity contribution in [3.8, 4) is 22.3 Å². The first-order valence-corrected chi connectivity index (χ1v) is 10.5. The SMILES string of the molecule is Clc1cccc(-c2ccccc2)c1-c1cccc2ccc3c4ccccc4[nH]c3c12. The van der Waals surface area contributed by atoms with Gasteiger partial charge in [0.15, 0.2) is 0 Å². The molecule has 1 aromatic heterocycles. The Bertz CT molecular complexity index is 1540. The smallest absolute Gasteiger partial charge is 0.0550 e. The fourth-order valence-electron chi connectivity index (χ4n) is 4.56. The maximum absolute atomic E-state index is 6.83. The van der Waals surface area contributed by atoms with Crippen LogP contribution in [0, 0.1) is 0 Å². The van der Waals surface area contributed by atoms with Crippen LogP contribution in [0.25, 0.3) is 54.8 Å². The van der Waals surface area contributed by atoms with Crippen molar-refractivity contribution in [2.45, 2.75) is 0 Å². The topological polar surface area (TPSA) is 15.8 Å². The number of para-hydroxylation sites is 1. The van der Waals surface area contributed by atoms with E-state index in [1.807, 2.05) is 18.2 Å². The zero-order valence-electron chi connectivity index (χ0n) is 16.2. The maximum Gasteiger partial charge on any atom is 0.0550 e. The summed E-state index contributed by atoms with van der Waals surface area (Å²) in [6.45, 7) is 0. The molecule has 1 nitrogen and oxygen atoms in total. The van der Waals surface area contributed by atoms with Crippen LogP contribution < -0.4 is 0 Å². The number of aromatic amines is 1. The van der Waals surface area contributed by atoms with Gasteiger partial charge in [-0.05, 0) is 34.2 Å². The van der Waals surface area contributed by atoms with E-state index in [0.717, 1.165) is 38.3 Å². The Morgan fingerprint density at radius 2 is 1.33 bits per heavy atom. The minimum absolute atomic E-state index is 0.761. The van der Waals surface area contributed by atoms with Gasteiger partial charge in [-0.3, -0.25) is 0 Å². The van der Waals surface area contributed by atoms with E-state index in [1.165, 1.54) is 21.5 Å². The van der Waals surface area contributed by atoms with Gasteiger partial charge in [-0.1, -0.05) is 103 Å². The Morgan fingerprint density at radius 3 is 2.23 bits per heavy atom. The van der Waals surface area contributed by atoms with Gasteiger partial charge in [0.05, 0.1) is 5.52 Å². The third-order valence-electron chi connectivity index (χ3n) is 5.89. The van der Waals surface area contributed by atoms with E-state index in [4.69, 9.17) is 11.6 Å². The fraction of sp³-hybridized carbons (Fsp3) is 0. The molecule has 0 aliphatic carbocycles. The molecule has 5 aromatic carbocycles. The van der Waals surface area contributed by atoms with Crippen LogP contribution in [0.2, 0.25) is 5.02 Å². The lowest BCUT2D eigenvalue weighted by molar-refractivity contribution is 1.56. The van der Waals surface area contributed by atoms with Gasteiger partial charge in [0.2, 0.25) is 0 Å². The molecule has 0 bridgehead atoms. The van der Waals surface area contributed by atoms with Gasteiger partial charge in [0.1, 0.15) is 0 Å². The van der Waals surface area contributed by atoms with E-state index in [1.54, 1.807) is 0 Å². The Balaban J connectivity index is 1.77. The van der Waals surface area contributed by atoms with E-state index >= 15 is 0 Å². The van der Waals surface area contributed by atoms with Crippen molar-refractivity contribution in [2.24, 2.45) is 0 Å². The average molecular weight is 404 g/mol. The Hall–Kier alpha value is -3.55. The van der Waals surface area contributed by atoms with E-state index < -0.39 is 0 Å². The highest BCUT2D eigenvalue weighted by Crippen LogP contribution is 2.43. The molecule has 0 aliphatic rings. The summed E-state index contributed by atoms with van der Waals surface area (Å²) >= 11 is 6.83. The van der Waals surface area contributed by atoms with Crippen LogP contribution in [-0.4, -0.2) is 4.98 Å². The van der Waals surface area contributed by atoms with Gasteiger partial charge in [-0.25, -0.2) is 0 Å². The van der Waals surface area contributed by atoms with Crippen molar-refractivity contribution in [2.75, 3.05) is 0 Å². The monoisotopic (exact) mass is 403 g/mol.